The fourth-order valence-corrected chi connectivity index (χ4v) is 3.64. The van der Waals surface area contributed by atoms with Gasteiger partial charge in [-0.15, -0.1) is 0 Å². The summed E-state index contributed by atoms with van der Waals surface area (Å²) >= 11 is 0. The topological polar surface area (TPSA) is 63.5 Å². The van der Waals surface area contributed by atoms with Gasteiger partial charge in [0.15, 0.2) is 0 Å². The minimum atomic E-state index is -0.0307. The van der Waals surface area contributed by atoms with Crippen LogP contribution in [0.1, 0.15) is 19.4 Å². The van der Waals surface area contributed by atoms with Gasteiger partial charge in [-0.3, -0.25) is 4.99 Å². The summed E-state index contributed by atoms with van der Waals surface area (Å²) < 4.78 is 0. The van der Waals surface area contributed by atoms with Crippen molar-refractivity contribution >= 4 is 23.9 Å². The fraction of sp³-hybridized carbons (Fsp3) is 0.450. The van der Waals surface area contributed by atoms with Crippen LogP contribution in [0.15, 0.2) is 46.1 Å². The van der Waals surface area contributed by atoms with Gasteiger partial charge in [-0.05, 0) is 25.0 Å². The number of carbonyl (C=O) groups is 1. The Kier molecular flexibility index (Phi) is 4.83. The molecule has 3 aliphatic heterocycles. The fourth-order valence-electron chi connectivity index (χ4n) is 3.64. The lowest BCUT2D eigenvalue weighted by atomic mass is 10.1. The van der Waals surface area contributed by atoms with Crippen molar-refractivity contribution in [3.05, 3.63) is 41.7 Å². The number of carbonyl (C=O) groups excluding carboxylic acids is 1. The van der Waals surface area contributed by atoms with E-state index in [4.69, 9.17) is 0 Å². The molecule has 3 heterocycles. The first-order valence-electron chi connectivity index (χ1n) is 9.63. The normalized spacial score (nSPS) is 21.7. The first kappa shape index (κ1) is 17.6. The van der Waals surface area contributed by atoms with Crippen LogP contribution in [0.3, 0.4) is 0 Å². The van der Waals surface area contributed by atoms with Crippen molar-refractivity contribution in [2.45, 2.75) is 26.3 Å². The van der Waals surface area contributed by atoms with Crippen molar-refractivity contribution in [1.82, 2.24) is 14.7 Å². The first-order chi connectivity index (χ1) is 13.2. The van der Waals surface area contributed by atoms with Crippen LogP contribution >= 0.6 is 0 Å². The third kappa shape index (κ3) is 3.54. The van der Waals surface area contributed by atoms with Crippen molar-refractivity contribution in [3.8, 4) is 0 Å². The minimum Gasteiger partial charge on any atom is -0.353 e. The third-order valence-corrected chi connectivity index (χ3v) is 5.36. The van der Waals surface area contributed by atoms with Gasteiger partial charge in [-0.1, -0.05) is 25.1 Å². The van der Waals surface area contributed by atoms with Gasteiger partial charge in [0.05, 0.1) is 18.9 Å². The Morgan fingerprint density at radius 2 is 2.00 bits per heavy atom. The molecular weight excluding hydrogens is 340 g/mol. The van der Waals surface area contributed by atoms with Crippen molar-refractivity contribution in [1.29, 1.82) is 0 Å². The Bertz CT molecular complexity index is 806. The molecule has 1 aromatic carbocycles. The molecule has 0 aliphatic carbocycles. The van der Waals surface area contributed by atoms with Gasteiger partial charge in [0, 0.05) is 37.9 Å². The molecule has 2 amide bonds. The van der Waals surface area contributed by atoms with E-state index in [2.05, 4.69) is 51.1 Å². The van der Waals surface area contributed by atoms with Crippen LogP contribution in [0.4, 0.5) is 10.5 Å². The average Bonchev–Trinajstić information content (AvgIpc) is 3.09. The summed E-state index contributed by atoms with van der Waals surface area (Å²) in [5.41, 5.74) is 2.06. The number of urea groups is 1. The number of piperazine rings is 1. The van der Waals surface area contributed by atoms with E-state index in [0.29, 0.717) is 19.1 Å². The van der Waals surface area contributed by atoms with Gasteiger partial charge in [0.2, 0.25) is 0 Å². The summed E-state index contributed by atoms with van der Waals surface area (Å²) in [6.45, 7) is 7.97. The predicted octanol–water partition coefficient (Wildman–Crippen LogP) is 2.38. The van der Waals surface area contributed by atoms with Gasteiger partial charge in [-0.25, -0.2) is 9.79 Å². The standard InChI is InChI=1S/C20H26N6O/c1-3-16-6-4-5-7-17(16)23-20(27)25-10-8-24(9-11-25)18-12-19-21-13-15(2)26(19)14-22-18/h4-7,12,14-15H,3,8-11,13H2,1-2H3,(H,23,27)/t15-/m0/s1. The molecule has 1 fully saturated rings. The predicted molar refractivity (Wildman–Crippen MR) is 108 cm³/mol. The van der Waals surface area contributed by atoms with E-state index in [1.54, 1.807) is 0 Å². The largest absolute Gasteiger partial charge is 0.353 e. The summed E-state index contributed by atoms with van der Waals surface area (Å²) in [5.74, 6) is 1.93. The highest BCUT2D eigenvalue weighted by Crippen LogP contribution is 2.20. The molecule has 0 saturated carbocycles. The number of benzene rings is 1. The minimum absolute atomic E-state index is 0.0307. The highest BCUT2D eigenvalue weighted by atomic mass is 16.2. The number of amidine groups is 1. The number of aliphatic imine (C=N–C) groups is 2. The van der Waals surface area contributed by atoms with E-state index >= 15 is 0 Å². The van der Waals surface area contributed by atoms with Crippen LogP contribution < -0.4 is 5.32 Å². The van der Waals surface area contributed by atoms with Crippen molar-refractivity contribution < 1.29 is 4.79 Å². The maximum atomic E-state index is 12.6. The van der Waals surface area contributed by atoms with E-state index in [1.165, 1.54) is 0 Å². The molecule has 0 radical (unpaired) electrons. The number of aryl methyl sites for hydroxylation is 1. The second kappa shape index (κ2) is 7.42. The van der Waals surface area contributed by atoms with Crippen LogP contribution in [-0.2, 0) is 6.42 Å². The Morgan fingerprint density at radius 3 is 2.78 bits per heavy atom. The van der Waals surface area contributed by atoms with E-state index in [0.717, 1.165) is 49.0 Å². The lowest BCUT2D eigenvalue weighted by molar-refractivity contribution is 0.166. The molecule has 7 nitrogen and oxygen atoms in total. The lowest BCUT2D eigenvalue weighted by Crippen LogP contribution is -2.50. The second-order valence-electron chi connectivity index (χ2n) is 7.12. The summed E-state index contributed by atoms with van der Waals surface area (Å²) in [4.78, 5) is 28.0. The molecule has 0 aromatic heterocycles. The quantitative estimate of drug-likeness (QED) is 0.893. The number of fused-ring (bicyclic) bond motifs is 1. The molecule has 0 unspecified atom stereocenters. The maximum absolute atomic E-state index is 12.6. The highest BCUT2D eigenvalue weighted by Gasteiger charge is 2.28. The molecule has 4 rings (SSSR count). The zero-order chi connectivity index (χ0) is 18.8. The van der Waals surface area contributed by atoms with Crippen molar-refractivity contribution in [2.24, 2.45) is 9.98 Å². The molecule has 7 heteroatoms. The van der Waals surface area contributed by atoms with Gasteiger partial charge in [0.1, 0.15) is 11.7 Å². The molecule has 0 spiro atoms. The number of rotatable bonds is 3. The van der Waals surface area contributed by atoms with Crippen LogP contribution in [0.25, 0.3) is 0 Å². The van der Waals surface area contributed by atoms with Gasteiger partial charge >= 0.3 is 6.03 Å². The van der Waals surface area contributed by atoms with E-state index in [-0.39, 0.29) is 6.03 Å². The van der Waals surface area contributed by atoms with Crippen LogP contribution in [-0.4, -0.2) is 71.7 Å². The number of amides is 2. The number of nitrogens with one attached hydrogen (secondary N) is 1. The Labute approximate surface area is 160 Å². The Balaban J connectivity index is 1.35. The second-order valence-corrected chi connectivity index (χ2v) is 7.12. The average molecular weight is 366 g/mol. The number of hydrogen-bond donors (Lipinski definition) is 1. The monoisotopic (exact) mass is 366 g/mol. The van der Waals surface area contributed by atoms with Crippen LogP contribution in [0, 0.1) is 0 Å². The van der Waals surface area contributed by atoms with Gasteiger partial charge in [-0.2, -0.15) is 0 Å². The number of para-hydroxylation sites is 1. The molecule has 3 aliphatic rings. The van der Waals surface area contributed by atoms with Crippen LogP contribution in [0.2, 0.25) is 0 Å². The lowest BCUT2D eigenvalue weighted by Gasteiger charge is -2.37. The number of nitrogens with zero attached hydrogens (tertiary/aromatic N) is 5. The Hall–Kier alpha value is -2.83. The molecule has 1 atom stereocenters. The zero-order valence-electron chi connectivity index (χ0n) is 15.9. The summed E-state index contributed by atoms with van der Waals surface area (Å²) in [6, 6.07) is 8.32. The molecule has 1 N–H and O–H groups in total. The summed E-state index contributed by atoms with van der Waals surface area (Å²) in [6.07, 6.45) is 4.83. The Morgan fingerprint density at radius 1 is 1.22 bits per heavy atom. The van der Waals surface area contributed by atoms with Crippen LogP contribution in [0.5, 0.6) is 0 Å². The van der Waals surface area contributed by atoms with E-state index in [9.17, 15) is 4.79 Å². The third-order valence-electron chi connectivity index (χ3n) is 5.36. The van der Waals surface area contributed by atoms with E-state index < -0.39 is 0 Å². The summed E-state index contributed by atoms with van der Waals surface area (Å²) in [5, 5.41) is 3.06. The summed E-state index contributed by atoms with van der Waals surface area (Å²) in [7, 11) is 0. The number of anilines is 1. The molecule has 1 saturated heterocycles. The van der Waals surface area contributed by atoms with Gasteiger partial charge in [0.25, 0.3) is 0 Å². The van der Waals surface area contributed by atoms with Crippen molar-refractivity contribution in [2.75, 3.05) is 38.0 Å². The molecule has 27 heavy (non-hydrogen) atoms. The number of hydrogen-bond acceptors (Lipinski definition) is 5. The molecular formula is C20H26N6O. The maximum Gasteiger partial charge on any atom is 0.321 e. The molecule has 0 bridgehead atoms. The smallest absolute Gasteiger partial charge is 0.321 e. The van der Waals surface area contributed by atoms with Gasteiger partial charge < -0.3 is 20.0 Å². The highest BCUT2D eigenvalue weighted by molar-refractivity contribution is 6.03. The van der Waals surface area contributed by atoms with Crippen molar-refractivity contribution in [3.63, 3.8) is 0 Å². The zero-order valence-corrected chi connectivity index (χ0v) is 15.9. The SMILES string of the molecule is CCc1ccccc1NC(=O)N1CCN(C2=CC3=NC[C@H](C)N3C=N2)CC1. The molecule has 142 valence electrons. The molecule has 1 aromatic rings. The van der Waals surface area contributed by atoms with E-state index in [1.807, 2.05) is 29.4 Å². The first-order valence-corrected chi connectivity index (χ1v) is 9.63.